The lowest BCUT2D eigenvalue weighted by Gasteiger charge is -2.09. The molecule has 0 saturated heterocycles. The van der Waals surface area contributed by atoms with Gasteiger partial charge in [-0.1, -0.05) is 41.6 Å². The van der Waals surface area contributed by atoms with Crippen molar-refractivity contribution in [2.75, 3.05) is 11.1 Å². The van der Waals surface area contributed by atoms with Crippen molar-refractivity contribution in [3.63, 3.8) is 0 Å². The first-order valence-corrected chi connectivity index (χ1v) is 8.81. The predicted octanol–water partition coefficient (Wildman–Crippen LogP) is 2.41. The Morgan fingerprint density at radius 2 is 1.88 bits per heavy atom. The molecule has 0 spiro atoms. The summed E-state index contributed by atoms with van der Waals surface area (Å²) in [6, 6.07) is 14.5. The molecule has 0 unspecified atom stereocenters. The van der Waals surface area contributed by atoms with Gasteiger partial charge in [-0.05, 0) is 31.2 Å². The maximum absolute atomic E-state index is 12.2. The fourth-order valence-electron chi connectivity index (χ4n) is 2.33. The number of para-hydroxylation sites is 1. The summed E-state index contributed by atoms with van der Waals surface area (Å²) < 4.78 is 1.81. The van der Waals surface area contributed by atoms with Gasteiger partial charge in [-0.25, -0.2) is 0 Å². The number of nitrogens with zero attached hydrogens (tertiary/aromatic N) is 3. The Balaban J connectivity index is 1.67. The molecule has 0 radical (unpaired) electrons. The Kier molecular flexibility index (Phi) is 5.33. The van der Waals surface area contributed by atoms with Crippen molar-refractivity contribution in [2.45, 2.75) is 12.1 Å². The number of amides is 2. The largest absolute Gasteiger partial charge is 0.366 e. The molecule has 0 fully saturated rings. The lowest BCUT2D eigenvalue weighted by Crippen LogP contribution is -2.19. The summed E-state index contributed by atoms with van der Waals surface area (Å²) in [6.07, 6.45) is 1.60. The van der Waals surface area contributed by atoms with E-state index in [1.54, 1.807) is 30.6 Å². The predicted molar refractivity (Wildman–Crippen MR) is 100 cm³/mol. The first-order chi connectivity index (χ1) is 12.5. The first kappa shape index (κ1) is 17.7. The normalized spacial score (nSPS) is 10.5. The third kappa shape index (κ3) is 4.09. The average molecular weight is 367 g/mol. The molecule has 0 aliphatic heterocycles. The Hall–Kier alpha value is -3.13. The zero-order chi connectivity index (χ0) is 18.5. The molecule has 0 bridgehead atoms. The SMILES string of the molecule is Cc1ccc(-n2cnnc2SCC(=O)Nc2ccccc2C(N)=O)cc1. The van der Waals surface area contributed by atoms with E-state index >= 15 is 0 Å². The van der Waals surface area contributed by atoms with Gasteiger partial charge in [0.15, 0.2) is 5.16 Å². The minimum atomic E-state index is -0.590. The van der Waals surface area contributed by atoms with Crippen molar-refractivity contribution >= 4 is 29.3 Å². The number of anilines is 1. The molecule has 1 aromatic heterocycles. The van der Waals surface area contributed by atoms with E-state index in [1.165, 1.54) is 11.8 Å². The molecule has 132 valence electrons. The van der Waals surface area contributed by atoms with Crippen molar-refractivity contribution in [1.29, 1.82) is 0 Å². The quantitative estimate of drug-likeness (QED) is 0.651. The maximum atomic E-state index is 12.2. The van der Waals surface area contributed by atoms with E-state index in [0.717, 1.165) is 11.3 Å². The third-order valence-electron chi connectivity index (χ3n) is 3.63. The third-order valence-corrected chi connectivity index (χ3v) is 4.57. The Morgan fingerprint density at radius 3 is 2.62 bits per heavy atom. The van der Waals surface area contributed by atoms with Crippen LogP contribution in [0.5, 0.6) is 0 Å². The van der Waals surface area contributed by atoms with Crippen LogP contribution in [0.3, 0.4) is 0 Å². The number of primary amides is 1. The lowest BCUT2D eigenvalue weighted by atomic mass is 10.1. The van der Waals surface area contributed by atoms with E-state index in [2.05, 4.69) is 15.5 Å². The highest BCUT2D eigenvalue weighted by Gasteiger charge is 2.13. The van der Waals surface area contributed by atoms with E-state index in [1.807, 2.05) is 35.8 Å². The molecule has 0 aliphatic rings. The summed E-state index contributed by atoms with van der Waals surface area (Å²) in [7, 11) is 0. The van der Waals surface area contributed by atoms with Gasteiger partial charge in [-0.3, -0.25) is 14.2 Å². The number of nitrogens with two attached hydrogens (primary N) is 1. The zero-order valence-corrected chi connectivity index (χ0v) is 14.9. The van der Waals surface area contributed by atoms with Gasteiger partial charge in [0.25, 0.3) is 5.91 Å². The highest BCUT2D eigenvalue weighted by molar-refractivity contribution is 7.99. The van der Waals surface area contributed by atoms with Crippen LogP contribution in [0.25, 0.3) is 5.69 Å². The van der Waals surface area contributed by atoms with Gasteiger partial charge in [-0.2, -0.15) is 0 Å². The molecule has 0 saturated carbocycles. The van der Waals surface area contributed by atoms with Crippen LogP contribution in [0.1, 0.15) is 15.9 Å². The molecule has 0 aliphatic carbocycles. The monoisotopic (exact) mass is 367 g/mol. The minimum Gasteiger partial charge on any atom is -0.366 e. The Labute approximate surface area is 154 Å². The molecule has 2 aromatic carbocycles. The summed E-state index contributed by atoms with van der Waals surface area (Å²) >= 11 is 1.26. The molecule has 2 amide bonds. The van der Waals surface area contributed by atoms with Crippen LogP contribution in [-0.4, -0.2) is 32.3 Å². The van der Waals surface area contributed by atoms with Crippen molar-refractivity contribution in [2.24, 2.45) is 5.73 Å². The molecule has 7 nitrogen and oxygen atoms in total. The standard InChI is InChI=1S/C18H17N5O2S/c1-12-6-8-13(9-7-12)23-11-20-22-18(23)26-10-16(24)21-15-5-3-2-4-14(15)17(19)25/h2-9,11H,10H2,1H3,(H2,19,25)(H,21,24). The lowest BCUT2D eigenvalue weighted by molar-refractivity contribution is -0.113. The second-order valence-corrected chi connectivity index (χ2v) is 6.51. The number of carbonyl (C=O) groups excluding carboxylic acids is 2. The number of benzene rings is 2. The molecular formula is C18H17N5O2S. The van der Waals surface area contributed by atoms with Crippen LogP contribution in [0.2, 0.25) is 0 Å². The molecule has 0 atom stereocenters. The van der Waals surface area contributed by atoms with Crippen LogP contribution in [0, 0.1) is 6.92 Å². The number of carbonyl (C=O) groups is 2. The van der Waals surface area contributed by atoms with E-state index in [9.17, 15) is 9.59 Å². The highest BCUT2D eigenvalue weighted by Crippen LogP contribution is 2.21. The van der Waals surface area contributed by atoms with Gasteiger partial charge in [-0.15, -0.1) is 10.2 Å². The van der Waals surface area contributed by atoms with Crippen LogP contribution in [0.15, 0.2) is 60.0 Å². The van der Waals surface area contributed by atoms with E-state index in [4.69, 9.17) is 5.73 Å². The van der Waals surface area contributed by atoms with Crippen LogP contribution >= 0.6 is 11.8 Å². The first-order valence-electron chi connectivity index (χ1n) is 7.83. The van der Waals surface area contributed by atoms with Gasteiger partial charge < -0.3 is 11.1 Å². The van der Waals surface area contributed by atoms with E-state index in [0.29, 0.717) is 10.8 Å². The van der Waals surface area contributed by atoms with Crippen LogP contribution in [-0.2, 0) is 4.79 Å². The molecule has 8 heteroatoms. The number of aryl methyl sites for hydroxylation is 1. The van der Waals surface area contributed by atoms with Gasteiger partial charge in [0, 0.05) is 5.69 Å². The molecule has 26 heavy (non-hydrogen) atoms. The van der Waals surface area contributed by atoms with Crippen molar-refractivity contribution in [1.82, 2.24) is 14.8 Å². The number of aromatic nitrogens is 3. The van der Waals surface area contributed by atoms with Crippen molar-refractivity contribution in [3.8, 4) is 5.69 Å². The second kappa shape index (κ2) is 7.83. The molecule has 3 aromatic rings. The zero-order valence-electron chi connectivity index (χ0n) is 14.0. The smallest absolute Gasteiger partial charge is 0.250 e. The molecule has 1 heterocycles. The summed E-state index contributed by atoms with van der Waals surface area (Å²) in [4.78, 5) is 23.7. The average Bonchev–Trinajstić information content (AvgIpc) is 3.09. The summed E-state index contributed by atoms with van der Waals surface area (Å²) in [5.74, 6) is -0.729. The van der Waals surface area contributed by atoms with Crippen LogP contribution in [0.4, 0.5) is 5.69 Å². The number of rotatable bonds is 6. The second-order valence-electron chi connectivity index (χ2n) is 5.57. The fourth-order valence-corrected chi connectivity index (χ4v) is 3.06. The Bertz CT molecular complexity index is 937. The number of nitrogens with one attached hydrogen (secondary N) is 1. The summed E-state index contributed by atoms with van der Waals surface area (Å²) in [5.41, 5.74) is 8.06. The van der Waals surface area contributed by atoms with Crippen LogP contribution < -0.4 is 11.1 Å². The fraction of sp³-hybridized carbons (Fsp3) is 0.111. The summed E-state index contributed by atoms with van der Waals surface area (Å²) in [6.45, 7) is 2.01. The van der Waals surface area contributed by atoms with Gasteiger partial charge in [0.1, 0.15) is 6.33 Å². The molecule has 3 rings (SSSR count). The van der Waals surface area contributed by atoms with E-state index in [-0.39, 0.29) is 17.2 Å². The number of hydrogen-bond donors (Lipinski definition) is 2. The topological polar surface area (TPSA) is 103 Å². The van der Waals surface area contributed by atoms with Gasteiger partial charge in [0.05, 0.1) is 17.0 Å². The van der Waals surface area contributed by atoms with Gasteiger partial charge >= 0.3 is 0 Å². The number of thioether (sulfide) groups is 1. The Morgan fingerprint density at radius 1 is 1.15 bits per heavy atom. The van der Waals surface area contributed by atoms with E-state index < -0.39 is 5.91 Å². The molecule has 3 N–H and O–H groups in total. The maximum Gasteiger partial charge on any atom is 0.250 e. The van der Waals surface area contributed by atoms with Crippen molar-refractivity contribution < 1.29 is 9.59 Å². The summed E-state index contributed by atoms with van der Waals surface area (Å²) in [5, 5.41) is 11.3. The minimum absolute atomic E-state index is 0.123. The molecular weight excluding hydrogens is 350 g/mol. The number of hydrogen-bond acceptors (Lipinski definition) is 5. The highest BCUT2D eigenvalue weighted by atomic mass is 32.2. The van der Waals surface area contributed by atoms with Gasteiger partial charge in [0.2, 0.25) is 5.91 Å². The van der Waals surface area contributed by atoms with Crippen molar-refractivity contribution in [3.05, 3.63) is 66.0 Å².